The zero-order chi connectivity index (χ0) is 12.6. The van der Waals surface area contributed by atoms with Gasteiger partial charge in [-0.25, -0.2) is 9.78 Å². The fraction of sp³-hybridized carbons (Fsp3) is 0.727. The average Bonchev–Trinajstić information content (AvgIpc) is 2.45. The highest BCUT2D eigenvalue weighted by atomic mass is 16.6. The molecule has 0 bridgehead atoms. The van der Waals surface area contributed by atoms with E-state index < -0.39 is 5.60 Å². The first-order valence-electron chi connectivity index (χ1n) is 5.75. The Bertz CT molecular complexity index is 421. The molecule has 1 aliphatic heterocycles. The van der Waals surface area contributed by atoms with Crippen molar-refractivity contribution in [3.8, 4) is 0 Å². The number of amides is 1. The van der Waals surface area contributed by atoms with Crippen LogP contribution < -0.4 is 0 Å². The van der Waals surface area contributed by atoms with Crippen LogP contribution in [-0.4, -0.2) is 38.3 Å². The second kappa shape index (κ2) is 4.01. The van der Waals surface area contributed by atoms with Crippen LogP contribution in [0, 0.1) is 6.92 Å². The van der Waals surface area contributed by atoms with Gasteiger partial charge in [-0.3, -0.25) is 10.00 Å². The highest BCUT2D eigenvalue weighted by molar-refractivity contribution is 5.69. The van der Waals surface area contributed by atoms with Crippen molar-refractivity contribution in [3.63, 3.8) is 0 Å². The number of nitrogens with one attached hydrogen (secondary N) is 1. The van der Waals surface area contributed by atoms with E-state index in [1.165, 1.54) is 0 Å². The van der Waals surface area contributed by atoms with Crippen molar-refractivity contribution in [2.75, 3.05) is 6.54 Å². The maximum Gasteiger partial charge on any atom is 0.410 e. The lowest BCUT2D eigenvalue weighted by Crippen LogP contribution is -2.47. The second-order valence-corrected chi connectivity index (χ2v) is 5.26. The fourth-order valence-electron chi connectivity index (χ4n) is 1.70. The molecule has 1 aliphatic rings. The van der Waals surface area contributed by atoms with Crippen LogP contribution in [0.25, 0.3) is 0 Å². The standard InChI is InChI=1S/C11H18N4O2/c1-7-12-9(14-13-7)8-5-6-15(8)10(16)17-11(2,3)4/h8H,5-6H2,1-4H3,(H,12,13,14)/t8-/m0/s1. The maximum absolute atomic E-state index is 11.9. The zero-order valence-corrected chi connectivity index (χ0v) is 10.6. The number of aromatic amines is 1. The lowest BCUT2D eigenvalue weighted by molar-refractivity contribution is -0.00733. The van der Waals surface area contributed by atoms with Crippen molar-refractivity contribution in [1.29, 1.82) is 0 Å². The minimum absolute atomic E-state index is 0.0465. The van der Waals surface area contributed by atoms with E-state index in [-0.39, 0.29) is 12.1 Å². The number of hydrogen-bond acceptors (Lipinski definition) is 4. The lowest BCUT2D eigenvalue weighted by Gasteiger charge is -2.39. The third kappa shape index (κ3) is 2.57. The van der Waals surface area contributed by atoms with Gasteiger partial charge in [-0.2, -0.15) is 5.10 Å². The van der Waals surface area contributed by atoms with Crippen LogP contribution in [0.2, 0.25) is 0 Å². The van der Waals surface area contributed by atoms with Crippen LogP contribution in [0.3, 0.4) is 0 Å². The molecule has 0 aromatic carbocycles. The molecule has 0 radical (unpaired) electrons. The second-order valence-electron chi connectivity index (χ2n) is 5.26. The zero-order valence-electron chi connectivity index (χ0n) is 10.6. The summed E-state index contributed by atoms with van der Waals surface area (Å²) in [5.41, 5.74) is -0.466. The number of hydrogen-bond donors (Lipinski definition) is 1. The van der Waals surface area contributed by atoms with E-state index in [0.717, 1.165) is 12.2 Å². The molecular formula is C11H18N4O2. The Morgan fingerprint density at radius 2 is 2.24 bits per heavy atom. The van der Waals surface area contributed by atoms with Crippen LogP contribution in [0.1, 0.15) is 44.9 Å². The van der Waals surface area contributed by atoms with Gasteiger partial charge in [0.2, 0.25) is 0 Å². The molecule has 1 fully saturated rings. The predicted octanol–water partition coefficient (Wildman–Crippen LogP) is 1.80. The molecule has 0 spiro atoms. The van der Waals surface area contributed by atoms with Gasteiger partial charge < -0.3 is 4.74 Å². The molecule has 2 rings (SSSR count). The highest BCUT2D eigenvalue weighted by Gasteiger charge is 2.38. The number of rotatable bonds is 1. The summed E-state index contributed by atoms with van der Waals surface area (Å²) in [7, 11) is 0. The summed E-state index contributed by atoms with van der Waals surface area (Å²) in [6.45, 7) is 8.12. The summed E-state index contributed by atoms with van der Waals surface area (Å²) in [6.07, 6.45) is 0.590. The van der Waals surface area contributed by atoms with Crippen molar-refractivity contribution in [3.05, 3.63) is 11.6 Å². The van der Waals surface area contributed by atoms with E-state index in [4.69, 9.17) is 4.74 Å². The first-order chi connectivity index (χ1) is 7.87. The van der Waals surface area contributed by atoms with E-state index in [0.29, 0.717) is 12.4 Å². The molecule has 6 nitrogen and oxygen atoms in total. The normalized spacial score (nSPS) is 20.0. The topological polar surface area (TPSA) is 71.1 Å². The Morgan fingerprint density at radius 3 is 2.65 bits per heavy atom. The minimum Gasteiger partial charge on any atom is -0.444 e. The molecule has 17 heavy (non-hydrogen) atoms. The van der Waals surface area contributed by atoms with E-state index in [1.807, 2.05) is 27.7 Å². The number of nitrogens with zero attached hydrogens (tertiary/aromatic N) is 3. The van der Waals surface area contributed by atoms with Gasteiger partial charge in [-0.15, -0.1) is 0 Å². The number of carbonyl (C=O) groups excluding carboxylic acids is 1. The Balaban J connectivity index is 2.02. The number of carbonyl (C=O) groups is 1. The molecule has 1 N–H and O–H groups in total. The number of H-pyrrole nitrogens is 1. The quantitative estimate of drug-likeness (QED) is 0.809. The maximum atomic E-state index is 11.9. The summed E-state index contributed by atoms with van der Waals surface area (Å²) in [6, 6.07) is -0.0465. The van der Waals surface area contributed by atoms with Gasteiger partial charge in [0.15, 0.2) is 5.82 Å². The summed E-state index contributed by atoms with van der Waals surface area (Å²) >= 11 is 0. The van der Waals surface area contributed by atoms with Crippen molar-refractivity contribution >= 4 is 6.09 Å². The molecule has 1 saturated heterocycles. The highest BCUT2D eigenvalue weighted by Crippen LogP contribution is 2.32. The van der Waals surface area contributed by atoms with Gasteiger partial charge in [0, 0.05) is 6.54 Å². The van der Waals surface area contributed by atoms with Crippen LogP contribution in [0.4, 0.5) is 4.79 Å². The molecule has 2 heterocycles. The van der Waals surface area contributed by atoms with Crippen LogP contribution in [-0.2, 0) is 4.74 Å². The number of aryl methyl sites for hydroxylation is 1. The molecule has 1 aromatic rings. The van der Waals surface area contributed by atoms with Gasteiger partial charge in [-0.05, 0) is 34.1 Å². The Labute approximate surface area is 100 Å². The van der Waals surface area contributed by atoms with E-state index in [9.17, 15) is 4.79 Å². The molecule has 6 heteroatoms. The van der Waals surface area contributed by atoms with Crippen LogP contribution >= 0.6 is 0 Å². The summed E-state index contributed by atoms with van der Waals surface area (Å²) in [4.78, 5) is 17.8. The average molecular weight is 238 g/mol. The molecule has 1 aromatic heterocycles. The molecule has 1 amide bonds. The van der Waals surface area contributed by atoms with Gasteiger partial charge in [0.05, 0.1) is 6.04 Å². The Kier molecular flexibility index (Phi) is 2.81. The largest absolute Gasteiger partial charge is 0.444 e. The van der Waals surface area contributed by atoms with Crippen molar-refractivity contribution in [1.82, 2.24) is 20.1 Å². The van der Waals surface area contributed by atoms with Crippen LogP contribution in [0.5, 0.6) is 0 Å². The third-order valence-electron chi connectivity index (χ3n) is 2.56. The van der Waals surface area contributed by atoms with Gasteiger partial charge in [-0.1, -0.05) is 0 Å². The van der Waals surface area contributed by atoms with Gasteiger partial charge in [0.1, 0.15) is 11.4 Å². The molecule has 94 valence electrons. The first-order valence-corrected chi connectivity index (χ1v) is 5.75. The van der Waals surface area contributed by atoms with Crippen LogP contribution in [0.15, 0.2) is 0 Å². The third-order valence-corrected chi connectivity index (χ3v) is 2.56. The van der Waals surface area contributed by atoms with E-state index in [1.54, 1.807) is 4.90 Å². The molecule has 0 saturated carbocycles. The number of aromatic nitrogens is 3. The summed E-state index contributed by atoms with van der Waals surface area (Å²) in [5.74, 6) is 1.43. The SMILES string of the molecule is Cc1nc([C@@H]2CCN2C(=O)OC(C)(C)C)n[nH]1. The molecule has 0 aliphatic carbocycles. The van der Waals surface area contributed by atoms with E-state index >= 15 is 0 Å². The predicted molar refractivity (Wildman–Crippen MR) is 61.4 cm³/mol. The smallest absolute Gasteiger partial charge is 0.410 e. The van der Waals surface area contributed by atoms with Gasteiger partial charge >= 0.3 is 6.09 Å². The van der Waals surface area contributed by atoms with Crippen molar-refractivity contribution in [2.24, 2.45) is 0 Å². The summed E-state index contributed by atoms with van der Waals surface area (Å²) in [5, 5.41) is 6.87. The Hall–Kier alpha value is -1.59. The molecular weight excluding hydrogens is 220 g/mol. The summed E-state index contributed by atoms with van der Waals surface area (Å²) < 4.78 is 5.32. The molecule has 1 atom stereocenters. The van der Waals surface area contributed by atoms with Crippen molar-refractivity contribution < 1.29 is 9.53 Å². The van der Waals surface area contributed by atoms with E-state index in [2.05, 4.69) is 15.2 Å². The monoisotopic (exact) mass is 238 g/mol. The number of likely N-dealkylation sites (tertiary alicyclic amines) is 1. The Morgan fingerprint density at radius 1 is 1.53 bits per heavy atom. The van der Waals surface area contributed by atoms with Crippen molar-refractivity contribution in [2.45, 2.75) is 45.8 Å². The molecule has 0 unspecified atom stereocenters. The lowest BCUT2D eigenvalue weighted by atomic mass is 10.0. The van der Waals surface area contributed by atoms with Gasteiger partial charge in [0.25, 0.3) is 0 Å². The fourth-order valence-corrected chi connectivity index (χ4v) is 1.70. The minimum atomic E-state index is -0.466. The first kappa shape index (κ1) is 11.9. The number of ether oxygens (including phenoxy) is 1.